The Morgan fingerprint density at radius 3 is 2.09 bits per heavy atom. The van der Waals surface area contributed by atoms with Gasteiger partial charge in [-0.2, -0.15) is 0 Å². The van der Waals surface area contributed by atoms with Gasteiger partial charge in [0.05, 0.1) is 24.1 Å². The molecule has 9 heteroatoms. The molecule has 238 valence electrons. The van der Waals surface area contributed by atoms with Crippen molar-refractivity contribution in [1.82, 2.24) is 9.88 Å². The van der Waals surface area contributed by atoms with E-state index in [4.69, 9.17) is 14.5 Å². The van der Waals surface area contributed by atoms with E-state index in [1.54, 1.807) is 0 Å². The molecule has 1 unspecified atom stereocenters. The summed E-state index contributed by atoms with van der Waals surface area (Å²) in [6.07, 6.45) is 6.18. The number of pyridine rings is 1. The fourth-order valence-electron chi connectivity index (χ4n) is 6.33. The van der Waals surface area contributed by atoms with Crippen LogP contribution in [0.2, 0.25) is 0 Å². The zero-order valence-electron chi connectivity index (χ0n) is 27.0. The van der Waals surface area contributed by atoms with Gasteiger partial charge in [0.25, 0.3) is 0 Å². The van der Waals surface area contributed by atoms with Crippen molar-refractivity contribution in [2.24, 2.45) is 5.41 Å². The Morgan fingerprint density at radius 2 is 1.58 bits per heavy atom. The Kier molecular flexibility index (Phi) is 10.4. The Balaban J connectivity index is 2.02. The van der Waals surface area contributed by atoms with Crippen molar-refractivity contribution in [3.8, 4) is 16.9 Å². The van der Waals surface area contributed by atoms with Crippen LogP contribution in [0.4, 0.5) is 14.5 Å². The van der Waals surface area contributed by atoms with Gasteiger partial charge >= 0.3 is 5.97 Å². The van der Waals surface area contributed by atoms with Gasteiger partial charge in [-0.3, -0.25) is 9.88 Å². The first kappa shape index (κ1) is 33.1. The van der Waals surface area contributed by atoms with Crippen LogP contribution in [0, 0.1) is 24.0 Å². The highest BCUT2D eigenvalue weighted by Gasteiger charge is 2.37. The molecule has 1 atom stereocenters. The van der Waals surface area contributed by atoms with E-state index >= 15 is 8.78 Å². The molecule has 0 spiro atoms. The minimum absolute atomic E-state index is 0.124. The van der Waals surface area contributed by atoms with Gasteiger partial charge in [-0.15, -0.1) is 0 Å². The molecule has 1 aromatic carbocycles. The molecule has 0 amide bonds. The number of ether oxygens (including phenoxy) is 2. The Morgan fingerprint density at radius 1 is 1.02 bits per heavy atom. The molecule has 0 saturated carbocycles. The third-order valence-electron chi connectivity index (χ3n) is 8.68. The SMILES string of the molecule is COc1c(F)cc(-c2c(CN3CCCCCCC3)nc(C)c(C(OC(C)(C)C)C(=O)O)c2N2CCC(C)(C)CC2)cc1F. The predicted molar refractivity (Wildman–Crippen MR) is 166 cm³/mol. The number of aliphatic carboxylic acids is 1. The average molecular weight is 602 g/mol. The molecule has 4 rings (SSSR count). The number of aryl methyl sites for hydroxylation is 1. The van der Waals surface area contributed by atoms with E-state index in [2.05, 4.69) is 23.6 Å². The first-order valence-electron chi connectivity index (χ1n) is 15.7. The molecular weight excluding hydrogens is 552 g/mol. The number of likely N-dealkylation sites (tertiary alicyclic amines) is 1. The summed E-state index contributed by atoms with van der Waals surface area (Å²) in [7, 11) is 1.24. The molecule has 3 heterocycles. The van der Waals surface area contributed by atoms with E-state index < -0.39 is 35.1 Å². The van der Waals surface area contributed by atoms with Gasteiger partial charge in [0.1, 0.15) is 0 Å². The number of carboxylic acids is 1. The number of nitrogens with zero attached hydrogens (tertiary/aromatic N) is 3. The van der Waals surface area contributed by atoms with Crippen LogP contribution < -0.4 is 9.64 Å². The largest absolute Gasteiger partial charge is 0.491 e. The molecule has 2 aromatic rings. The van der Waals surface area contributed by atoms with E-state index in [0.717, 1.165) is 38.8 Å². The fourth-order valence-corrected chi connectivity index (χ4v) is 6.33. The van der Waals surface area contributed by atoms with E-state index in [-0.39, 0.29) is 5.41 Å². The second-order valence-corrected chi connectivity index (χ2v) is 13.9. The number of methoxy groups -OCH3 is 1. The van der Waals surface area contributed by atoms with Crippen molar-refractivity contribution in [2.75, 3.05) is 38.2 Å². The molecule has 2 aliphatic heterocycles. The van der Waals surface area contributed by atoms with Crippen LogP contribution in [0.5, 0.6) is 5.75 Å². The van der Waals surface area contributed by atoms with Gasteiger partial charge in [0.15, 0.2) is 23.5 Å². The Bertz CT molecular complexity index is 1270. The maximum absolute atomic E-state index is 15.3. The molecular formula is C34H49F2N3O4. The maximum atomic E-state index is 15.3. The minimum atomic E-state index is -1.32. The summed E-state index contributed by atoms with van der Waals surface area (Å²) in [6, 6.07) is 2.57. The molecule has 0 bridgehead atoms. The highest BCUT2D eigenvalue weighted by atomic mass is 19.1. The molecule has 0 radical (unpaired) electrons. The summed E-state index contributed by atoms with van der Waals surface area (Å²) in [6.45, 7) is 15.4. The first-order chi connectivity index (χ1) is 20.2. The minimum Gasteiger partial charge on any atom is -0.491 e. The number of carboxylic acid groups (broad SMARTS) is 1. The quantitative estimate of drug-likeness (QED) is 0.333. The van der Waals surface area contributed by atoms with Crippen LogP contribution in [0.3, 0.4) is 0 Å². The summed E-state index contributed by atoms with van der Waals surface area (Å²) in [5.41, 5.74) is 2.55. The van der Waals surface area contributed by atoms with E-state index in [9.17, 15) is 9.90 Å². The number of hydrogen-bond donors (Lipinski definition) is 1. The average Bonchev–Trinajstić information content (AvgIpc) is 2.88. The van der Waals surface area contributed by atoms with Crippen LogP contribution in [0.15, 0.2) is 12.1 Å². The Labute approximate surface area is 255 Å². The molecule has 2 saturated heterocycles. The van der Waals surface area contributed by atoms with Crippen molar-refractivity contribution < 1.29 is 28.2 Å². The first-order valence-corrected chi connectivity index (χ1v) is 15.7. The fraction of sp³-hybridized carbons (Fsp3) is 0.647. The zero-order valence-corrected chi connectivity index (χ0v) is 27.0. The monoisotopic (exact) mass is 601 g/mol. The standard InChI is InChI=1S/C34H49F2N3O4/c1-22-27(31(32(40)41)43-33(2,3)4)29(39-17-13-34(5,6)14-18-39)28(23-19-24(35)30(42-7)25(36)20-23)26(37-22)21-38-15-11-9-8-10-12-16-38/h19-20,31H,8-18,21H2,1-7H3,(H,40,41). The van der Waals surface area contributed by atoms with Gasteiger partial charge in [-0.1, -0.05) is 33.1 Å². The van der Waals surface area contributed by atoms with Crippen LogP contribution >= 0.6 is 0 Å². The summed E-state index contributed by atoms with van der Waals surface area (Å²) in [5.74, 6) is -3.21. The van der Waals surface area contributed by atoms with Gasteiger partial charge in [0.2, 0.25) is 0 Å². The summed E-state index contributed by atoms with van der Waals surface area (Å²) < 4.78 is 41.8. The molecule has 43 heavy (non-hydrogen) atoms. The van der Waals surface area contributed by atoms with Crippen molar-refractivity contribution in [3.63, 3.8) is 0 Å². The second kappa shape index (κ2) is 13.5. The van der Waals surface area contributed by atoms with E-state index in [0.29, 0.717) is 53.4 Å². The molecule has 7 nitrogen and oxygen atoms in total. The Hall–Kier alpha value is -2.78. The van der Waals surface area contributed by atoms with Crippen molar-refractivity contribution in [3.05, 3.63) is 40.7 Å². The zero-order chi connectivity index (χ0) is 31.5. The highest BCUT2D eigenvalue weighted by Crippen LogP contribution is 2.46. The maximum Gasteiger partial charge on any atom is 0.337 e. The lowest BCUT2D eigenvalue weighted by molar-refractivity contribution is -0.160. The topological polar surface area (TPSA) is 75.1 Å². The number of hydrogen-bond acceptors (Lipinski definition) is 6. The highest BCUT2D eigenvalue weighted by molar-refractivity contribution is 5.88. The van der Waals surface area contributed by atoms with Gasteiger partial charge < -0.3 is 19.5 Å². The normalized spacial score (nSPS) is 19.0. The summed E-state index contributed by atoms with van der Waals surface area (Å²) >= 11 is 0. The summed E-state index contributed by atoms with van der Waals surface area (Å²) in [5, 5.41) is 10.5. The van der Waals surface area contributed by atoms with E-state index in [1.165, 1.54) is 38.5 Å². The van der Waals surface area contributed by atoms with E-state index in [1.807, 2.05) is 27.7 Å². The van der Waals surface area contributed by atoms with Crippen molar-refractivity contribution >= 4 is 11.7 Å². The van der Waals surface area contributed by atoms with Crippen molar-refractivity contribution in [1.29, 1.82) is 0 Å². The molecule has 2 aliphatic rings. The lowest BCUT2D eigenvalue weighted by atomic mass is 9.81. The smallest absolute Gasteiger partial charge is 0.337 e. The number of carbonyl (C=O) groups is 1. The lowest BCUT2D eigenvalue weighted by Crippen LogP contribution is -2.39. The number of piperidine rings is 1. The van der Waals surface area contributed by atoms with Crippen LogP contribution in [-0.2, 0) is 16.1 Å². The third kappa shape index (κ3) is 8.04. The number of halogens is 2. The predicted octanol–water partition coefficient (Wildman–Crippen LogP) is 7.68. The molecule has 0 aliphatic carbocycles. The van der Waals surface area contributed by atoms with Gasteiger partial charge in [0, 0.05) is 36.5 Å². The number of benzene rings is 1. The van der Waals surface area contributed by atoms with Gasteiger partial charge in [-0.05, 0) is 89.6 Å². The van der Waals surface area contributed by atoms with Crippen LogP contribution in [-0.4, -0.2) is 59.8 Å². The number of rotatable bonds is 8. The number of aromatic nitrogens is 1. The second-order valence-electron chi connectivity index (χ2n) is 13.9. The number of anilines is 1. The van der Waals surface area contributed by atoms with Gasteiger partial charge in [-0.25, -0.2) is 13.6 Å². The van der Waals surface area contributed by atoms with Crippen LogP contribution in [0.1, 0.15) is 103 Å². The summed E-state index contributed by atoms with van der Waals surface area (Å²) in [4.78, 5) is 22.4. The molecule has 2 fully saturated rings. The lowest BCUT2D eigenvalue weighted by Gasteiger charge is -2.41. The third-order valence-corrected chi connectivity index (χ3v) is 8.68. The van der Waals surface area contributed by atoms with Crippen LogP contribution in [0.25, 0.3) is 11.1 Å². The molecule has 1 aromatic heterocycles. The van der Waals surface area contributed by atoms with Crippen molar-refractivity contribution in [2.45, 2.75) is 105 Å². The molecule has 1 N–H and O–H groups in total.